The molecule has 0 aromatic heterocycles. The molecule has 0 aliphatic heterocycles. The van der Waals surface area contributed by atoms with Gasteiger partial charge in [-0.15, -0.1) is 0 Å². The fourth-order valence-corrected chi connectivity index (χ4v) is 5.31. The SMILES string of the molecule is CCCCC/C=C\C/C=C\CCCCCCCC(=O)OC(COC(=O)CCCCCCCCC)COP(=O)(O)OCC[N+](C)(C)C. The highest BCUT2D eigenvalue weighted by molar-refractivity contribution is 7.47. The fraction of sp³-hybridized carbons (Fsp3) is 0.833. The third-order valence-corrected chi connectivity index (χ3v) is 8.47. The molecule has 1 N–H and O–H groups in total. The molecule has 2 atom stereocenters. The quantitative estimate of drug-likeness (QED) is 0.0247. The molecule has 2 unspecified atom stereocenters. The molecule has 0 rings (SSSR count). The van der Waals surface area contributed by atoms with E-state index in [0.29, 0.717) is 17.4 Å². The standard InChI is InChI=1S/C36H68NO8P/c1-6-8-10-12-14-15-16-17-18-19-20-21-23-25-27-29-36(39)45-34(33-44-46(40,41)43-31-30-37(3,4)5)32-42-35(38)28-26-24-22-13-11-9-7-2/h14-15,17-18,34H,6-13,16,19-33H2,1-5H3/p+1/b15-14-,18-17-. The normalized spacial score (nSPS) is 14.1. The predicted octanol–water partition coefficient (Wildman–Crippen LogP) is 9.24. The monoisotopic (exact) mass is 674 g/mol. The van der Waals surface area contributed by atoms with Gasteiger partial charge in [0.25, 0.3) is 0 Å². The van der Waals surface area contributed by atoms with Crippen LogP contribution in [0.2, 0.25) is 0 Å². The Bertz CT molecular complexity index is 855. The van der Waals surface area contributed by atoms with E-state index in [4.69, 9.17) is 18.5 Å². The van der Waals surface area contributed by atoms with Gasteiger partial charge in [-0.3, -0.25) is 18.6 Å². The second kappa shape index (κ2) is 29.6. The molecule has 0 amide bonds. The lowest BCUT2D eigenvalue weighted by Gasteiger charge is -2.24. The van der Waals surface area contributed by atoms with E-state index < -0.39 is 26.5 Å². The number of esters is 2. The molecule has 0 saturated carbocycles. The van der Waals surface area contributed by atoms with Gasteiger partial charge in [0, 0.05) is 12.8 Å². The number of phosphoric acid groups is 1. The molecule has 270 valence electrons. The summed E-state index contributed by atoms with van der Waals surface area (Å²) in [5.41, 5.74) is 0. The van der Waals surface area contributed by atoms with E-state index in [-0.39, 0.29) is 32.0 Å². The van der Waals surface area contributed by atoms with Crippen LogP contribution in [0.1, 0.15) is 142 Å². The molecule has 0 spiro atoms. The smallest absolute Gasteiger partial charge is 0.462 e. The van der Waals surface area contributed by atoms with Gasteiger partial charge in [-0.1, -0.05) is 109 Å². The van der Waals surface area contributed by atoms with Crippen LogP contribution >= 0.6 is 7.82 Å². The molecule has 0 aromatic carbocycles. The topological polar surface area (TPSA) is 108 Å². The van der Waals surface area contributed by atoms with Crippen LogP contribution in [0, 0.1) is 0 Å². The van der Waals surface area contributed by atoms with Crippen molar-refractivity contribution in [1.82, 2.24) is 0 Å². The number of carbonyl (C=O) groups is 2. The molecule has 0 aliphatic carbocycles. The number of unbranched alkanes of at least 4 members (excludes halogenated alkanes) is 14. The van der Waals surface area contributed by atoms with Crippen LogP contribution in [-0.2, 0) is 32.7 Å². The maximum absolute atomic E-state index is 12.6. The molecule has 0 heterocycles. The highest BCUT2D eigenvalue weighted by atomic mass is 31.2. The average Bonchev–Trinajstić information content (AvgIpc) is 2.99. The molecule has 46 heavy (non-hydrogen) atoms. The second-order valence-electron chi connectivity index (χ2n) is 13.3. The van der Waals surface area contributed by atoms with Gasteiger partial charge in [-0.25, -0.2) is 4.57 Å². The summed E-state index contributed by atoms with van der Waals surface area (Å²) in [5, 5.41) is 0. The maximum atomic E-state index is 12.6. The Hall–Kier alpha value is -1.51. The molecular formula is C36H69NO8P+. The number of likely N-dealkylation sites (N-methyl/N-ethyl adjacent to an activating group) is 1. The maximum Gasteiger partial charge on any atom is 0.472 e. The van der Waals surface area contributed by atoms with E-state index in [2.05, 4.69) is 38.2 Å². The third kappa shape index (κ3) is 32.4. The number of allylic oxidation sites excluding steroid dienone is 4. The Morgan fingerprint density at radius 2 is 1.17 bits per heavy atom. The number of nitrogens with zero attached hydrogens (tertiary/aromatic N) is 1. The lowest BCUT2D eigenvalue weighted by Crippen LogP contribution is -2.37. The van der Waals surface area contributed by atoms with Crippen molar-refractivity contribution in [3.8, 4) is 0 Å². The van der Waals surface area contributed by atoms with Gasteiger partial charge < -0.3 is 18.9 Å². The van der Waals surface area contributed by atoms with Crippen LogP contribution in [0.25, 0.3) is 0 Å². The summed E-state index contributed by atoms with van der Waals surface area (Å²) >= 11 is 0. The minimum Gasteiger partial charge on any atom is -0.462 e. The van der Waals surface area contributed by atoms with E-state index in [1.54, 1.807) is 0 Å². The van der Waals surface area contributed by atoms with Crippen molar-refractivity contribution < 1.29 is 42.1 Å². The Morgan fingerprint density at radius 1 is 0.674 bits per heavy atom. The van der Waals surface area contributed by atoms with E-state index >= 15 is 0 Å². The zero-order chi connectivity index (χ0) is 34.4. The van der Waals surface area contributed by atoms with E-state index in [1.807, 2.05) is 21.1 Å². The molecule has 10 heteroatoms. The van der Waals surface area contributed by atoms with E-state index in [0.717, 1.165) is 57.8 Å². The number of hydrogen-bond donors (Lipinski definition) is 1. The molecule has 0 radical (unpaired) electrons. The van der Waals surface area contributed by atoms with Gasteiger partial charge >= 0.3 is 19.8 Å². The van der Waals surface area contributed by atoms with Crippen LogP contribution in [0.3, 0.4) is 0 Å². The fourth-order valence-electron chi connectivity index (χ4n) is 4.57. The molecule has 0 aliphatic rings. The number of hydrogen-bond acceptors (Lipinski definition) is 7. The van der Waals surface area contributed by atoms with Crippen molar-refractivity contribution in [1.29, 1.82) is 0 Å². The molecule has 9 nitrogen and oxygen atoms in total. The Labute approximate surface area is 281 Å². The summed E-state index contributed by atoms with van der Waals surface area (Å²) in [4.78, 5) is 34.9. The molecule has 0 saturated heterocycles. The minimum absolute atomic E-state index is 0.0297. The predicted molar refractivity (Wildman–Crippen MR) is 187 cm³/mol. The van der Waals surface area contributed by atoms with Crippen LogP contribution in [0.15, 0.2) is 24.3 Å². The average molecular weight is 675 g/mol. The van der Waals surface area contributed by atoms with Gasteiger partial charge in [-0.05, 0) is 44.9 Å². The van der Waals surface area contributed by atoms with Crippen molar-refractivity contribution in [3.63, 3.8) is 0 Å². The molecule has 0 aromatic rings. The first-order valence-electron chi connectivity index (χ1n) is 18.1. The van der Waals surface area contributed by atoms with Crippen molar-refractivity contribution in [2.24, 2.45) is 0 Å². The first-order chi connectivity index (χ1) is 22.0. The number of rotatable bonds is 32. The lowest BCUT2D eigenvalue weighted by atomic mass is 10.1. The minimum atomic E-state index is -4.36. The number of carbonyl (C=O) groups excluding carboxylic acids is 2. The first kappa shape index (κ1) is 44.5. The second-order valence-corrected chi connectivity index (χ2v) is 14.7. The van der Waals surface area contributed by atoms with Gasteiger partial charge in [0.1, 0.15) is 19.8 Å². The molecule has 0 fully saturated rings. The van der Waals surface area contributed by atoms with Crippen LogP contribution in [0.4, 0.5) is 0 Å². The van der Waals surface area contributed by atoms with Crippen LogP contribution in [-0.4, -0.2) is 74.9 Å². The summed E-state index contributed by atoms with van der Waals surface area (Å²) in [6, 6.07) is 0. The largest absolute Gasteiger partial charge is 0.472 e. The first-order valence-corrected chi connectivity index (χ1v) is 19.6. The zero-order valence-corrected chi connectivity index (χ0v) is 31.0. The van der Waals surface area contributed by atoms with E-state index in [1.165, 1.54) is 51.4 Å². The summed E-state index contributed by atoms with van der Waals surface area (Å²) in [5.74, 6) is -0.823. The Kier molecular flexibility index (Phi) is 28.6. The van der Waals surface area contributed by atoms with Crippen molar-refractivity contribution in [2.45, 2.75) is 148 Å². The summed E-state index contributed by atoms with van der Waals surface area (Å²) in [6.07, 6.45) is 28.1. The molecule has 0 bridgehead atoms. The lowest BCUT2D eigenvalue weighted by molar-refractivity contribution is -0.870. The summed E-state index contributed by atoms with van der Waals surface area (Å²) in [7, 11) is 1.46. The highest BCUT2D eigenvalue weighted by Crippen LogP contribution is 2.43. The van der Waals surface area contributed by atoms with Crippen LogP contribution < -0.4 is 0 Å². The van der Waals surface area contributed by atoms with Crippen LogP contribution in [0.5, 0.6) is 0 Å². The van der Waals surface area contributed by atoms with Gasteiger partial charge in [0.15, 0.2) is 6.10 Å². The summed E-state index contributed by atoms with van der Waals surface area (Å²) < 4.78 is 34.0. The van der Waals surface area contributed by atoms with Crippen molar-refractivity contribution >= 4 is 19.8 Å². The third-order valence-electron chi connectivity index (χ3n) is 7.48. The number of phosphoric ester groups is 1. The molecular weight excluding hydrogens is 605 g/mol. The Balaban J connectivity index is 4.45. The Morgan fingerprint density at radius 3 is 1.76 bits per heavy atom. The number of quaternary nitrogens is 1. The zero-order valence-electron chi connectivity index (χ0n) is 30.1. The van der Waals surface area contributed by atoms with E-state index in [9.17, 15) is 19.0 Å². The van der Waals surface area contributed by atoms with Gasteiger partial charge in [-0.2, -0.15) is 0 Å². The van der Waals surface area contributed by atoms with Crippen molar-refractivity contribution in [2.75, 3.05) is 47.5 Å². The van der Waals surface area contributed by atoms with Crippen molar-refractivity contribution in [3.05, 3.63) is 24.3 Å². The number of ether oxygens (including phenoxy) is 2. The van der Waals surface area contributed by atoms with Gasteiger partial charge in [0.2, 0.25) is 0 Å². The van der Waals surface area contributed by atoms with Gasteiger partial charge in [0.05, 0.1) is 27.7 Å². The summed E-state index contributed by atoms with van der Waals surface area (Å²) in [6.45, 7) is 4.31. The highest BCUT2D eigenvalue weighted by Gasteiger charge is 2.27.